The van der Waals surface area contributed by atoms with E-state index < -0.39 is 0 Å². The van der Waals surface area contributed by atoms with E-state index in [1.54, 1.807) is 11.3 Å². The summed E-state index contributed by atoms with van der Waals surface area (Å²) >= 11 is 2.92. The summed E-state index contributed by atoms with van der Waals surface area (Å²) in [6.45, 7) is 3.30. The molecule has 1 amide bonds. The van der Waals surface area contributed by atoms with E-state index in [9.17, 15) is 9.59 Å². The number of thioether (sulfide) groups is 1. The Morgan fingerprint density at radius 1 is 1.58 bits per heavy atom. The first-order valence-electron chi connectivity index (χ1n) is 8.08. The van der Waals surface area contributed by atoms with Crippen LogP contribution in [0.5, 0.6) is 0 Å². The topological polar surface area (TPSA) is 73.2 Å². The molecule has 0 radical (unpaired) electrons. The Balaban J connectivity index is 1.80. The number of nitrogens with one attached hydrogen (secondary N) is 1. The fourth-order valence-corrected chi connectivity index (χ4v) is 4.32. The predicted octanol–water partition coefficient (Wildman–Crippen LogP) is 2.04. The lowest BCUT2D eigenvalue weighted by Gasteiger charge is -2.13. The quantitative estimate of drug-likeness (QED) is 0.625. The van der Waals surface area contributed by atoms with Gasteiger partial charge in [-0.1, -0.05) is 18.7 Å². The van der Waals surface area contributed by atoms with Gasteiger partial charge in [-0.25, -0.2) is 4.98 Å². The first kappa shape index (κ1) is 17.4. The third-order valence-electron chi connectivity index (χ3n) is 4.05. The van der Waals surface area contributed by atoms with Crippen molar-refractivity contribution < 1.29 is 9.53 Å². The van der Waals surface area contributed by atoms with E-state index in [2.05, 4.69) is 17.2 Å². The Hall–Kier alpha value is -1.38. The molecule has 8 heteroatoms. The van der Waals surface area contributed by atoms with Crippen molar-refractivity contribution in [1.29, 1.82) is 0 Å². The van der Waals surface area contributed by atoms with Crippen LogP contribution < -0.4 is 10.9 Å². The molecule has 3 rings (SSSR count). The molecule has 1 aliphatic rings. The maximum Gasteiger partial charge on any atom is 0.263 e. The zero-order chi connectivity index (χ0) is 17.1. The highest BCUT2D eigenvalue weighted by atomic mass is 32.2. The molecule has 1 unspecified atom stereocenters. The van der Waals surface area contributed by atoms with Gasteiger partial charge >= 0.3 is 0 Å². The van der Waals surface area contributed by atoms with Gasteiger partial charge in [0.25, 0.3) is 5.56 Å². The summed E-state index contributed by atoms with van der Waals surface area (Å²) < 4.78 is 6.96. The third-order valence-corrected chi connectivity index (χ3v) is 5.90. The Labute approximate surface area is 148 Å². The Morgan fingerprint density at radius 3 is 3.08 bits per heavy atom. The maximum atomic E-state index is 12.7. The maximum absolute atomic E-state index is 12.7. The van der Waals surface area contributed by atoms with Gasteiger partial charge in [-0.05, 0) is 31.6 Å². The SMILES string of the molecule is CCc1cc2c(=O)n(CC(=O)NCC3CCCO3)c(SC)nc2s1. The average Bonchev–Trinajstić information content (AvgIpc) is 3.24. The van der Waals surface area contributed by atoms with Crippen LogP contribution in [-0.2, 0) is 22.5 Å². The summed E-state index contributed by atoms with van der Waals surface area (Å²) in [5.41, 5.74) is -0.146. The molecule has 2 aromatic rings. The number of aromatic nitrogens is 2. The molecular formula is C16H21N3O3S2. The van der Waals surface area contributed by atoms with E-state index in [0.29, 0.717) is 17.1 Å². The molecule has 2 aromatic heterocycles. The van der Waals surface area contributed by atoms with E-state index in [1.807, 2.05) is 12.3 Å². The van der Waals surface area contributed by atoms with Crippen LogP contribution in [0.25, 0.3) is 10.2 Å². The second-order valence-electron chi connectivity index (χ2n) is 5.71. The molecule has 1 fully saturated rings. The van der Waals surface area contributed by atoms with E-state index in [1.165, 1.54) is 16.3 Å². The minimum absolute atomic E-state index is 0.0119. The first-order valence-corrected chi connectivity index (χ1v) is 10.1. The Bertz CT molecular complexity index is 794. The van der Waals surface area contributed by atoms with E-state index in [-0.39, 0.29) is 24.1 Å². The smallest absolute Gasteiger partial charge is 0.263 e. The molecule has 0 aromatic carbocycles. The third kappa shape index (κ3) is 3.65. The molecule has 1 aliphatic heterocycles. The molecule has 0 bridgehead atoms. The van der Waals surface area contributed by atoms with Crippen LogP contribution in [0.15, 0.2) is 16.0 Å². The summed E-state index contributed by atoms with van der Waals surface area (Å²) in [4.78, 5) is 31.4. The summed E-state index contributed by atoms with van der Waals surface area (Å²) in [6.07, 6.45) is 4.84. The van der Waals surface area contributed by atoms with Crippen molar-refractivity contribution in [3.05, 3.63) is 21.3 Å². The van der Waals surface area contributed by atoms with Gasteiger partial charge in [0, 0.05) is 18.0 Å². The van der Waals surface area contributed by atoms with Crippen LogP contribution in [0.1, 0.15) is 24.6 Å². The monoisotopic (exact) mass is 367 g/mol. The van der Waals surface area contributed by atoms with Crippen LogP contribution in [0.3, 0.4) is 0 Å². The van der Waals surface area contributed by atoms with Gasteiger partial charge in [-0.2, -0.15) is 0 Å². The molecule has 1 N–H and O–H groups in total. The van der Waals surface area contributed by atoms with Crippen LogP contribution in [0.2, 0.25) is 0 Å². The van der Waals surface area contributed by atoms with Crippen molar-refractivity contribution >= 4 is 39.2 Å². The molecule has 0 aliphatic carbocycles. The predicted molar refractivity (Wildman–Crippen MR) is 97.0 cm³/mol. The number of hydrogen-bond donors (Lipinski definition) is 1. The van der Waals surface area contributed by atoms with Gasteiger partial charge in [0.2, 0.25) is 5.91 Å². The summed E-state index contributed by atoms with van der Waals surface area (Å²) in [5.74, 6) is -0.185. The first-order chi connectivity index (χ1) is 11.6. The van der Waals surface area contributed by atoms with Crippen molar-refractivity contribution in [3.63, 3.8) is 0 Å². The lowest BCUT2D eigenvalue weighted by Crippen LogP contribution is -2.37. The molecule has 1 atom stereocenters. The van der Waals surface area contributed by atoms with Crippen LogP contribution >= 0.6 is 23.1 Å². The zero-order valence-electron chi connectivity index (χ0n) is 13.8. The second-order valence-corrected chi connectivity index (χ2v) is 7.60. The largest absolute Gasteiger partial charge is 0.376 e. The molecule has 0 saturated carbocycles. The van der Waals surface area contributed by atoms with Crippen LogP contribution in [0.4, 0.5) is 0 Å². The number of thiophene rings is 1. The normalized spacial score (nSPS) is 17.5. The van der Waals surface area contributed by atoms with Crippen LogP contribution in [-0.4, -0.2) is 41.0 Å². The van der Waals surface area contributed by atoms with Gasteiger partial charge in [-0.3, -0.25) is 14.2 Å². The van der Waals surface area contributed by atoms with Crippen molar-refractivity contribution in [2.45, 2.75) is 44.0 Å². The fraction of sp³-hybridized carbons (Fsp3) is 0.562. The molecule has 130 valence electrons. The van der Waals surface area contributed by atoms with E-state index >= 15 is 0 Å². The van der Waals surface area contributed by atoms with Crippen molar-refractivity contribution in [2.24, 2.45) is 0 Å². The number of carbonyl (C=O) groups is 1. The fourth-order valence-electron chi connectivity index (χ4n) is 2.75. The lowest BCUT2D eigenvalue weighted by molar-refractivity contribution is -0.122. The highest BCUT2D eigenvalue weighted by Crippen LogP contribution is 2.24. The van der Waals surface area contributed by atoms with Gasteiger partial charge in [0.1, 0.15) is 11.4 Å². The Kier molecular flexibility index (Phi) is 5.57. The standard InChI is InChI=1S/C16H21N3O3S2/c1-3-11-7-12-14(24-11)18-16(23-2)19(15(12)21)9-13(20)17-8-10-5-4-6-22-10/h7,10H,3-6,8-9H2,1-2H3,(H,17,20). The van der Waals surface area contributed by atoms with Gasteiger partial charge in [0.05, 0.1) is 11.5 Å². The highest BCUT2D eigenvalue weighted by Gasteiger charge is 2.18. The lowest BCUT2D eigenvalue weighted by atomic mass is 10.2. The molecule has 0 spiro atoms. The summed E-state index contributed by atoms with van der Waals surface area (Å²) in [5, 5.41) is 4.03. The van der Waals surface area contributed by atoms with E-state index in [4.69, 9.17) is 4.74 Å². The Morgan fingerprint density at radius 2 is 2.42 bits per heavy atom. The van der Waals surface area contributed by atoms with E-state index in [0.717, 1.165) is 35.6 Å². The zero-order valence-corrected chi connectivity index (χ0v) is 15.5. The highest BCUT2D eigenvalue weighted by molar-refractivity contribution is 7.98. The average molecular weight is 367 g/mol. The van der Waals surface area contributed by atoms with Crippen molar-refractivity contribution in [2.75, 3.05) is 19.4 Å². The van der Waals surface area contributed by atoms with Gasteiger partial charge in [0.15, 0.2) is 5.16 Å². The molecule has 6 nitrogen and oxygen atoms in total. The number of nitrogens with zero attached hydrogens (tertiary/aromatic N) is 2. The minimum Gasteiger partial charge on any atom is -0.376 e. The number of amides is 1. The molecule has 1 saturated heterocycles. The molecule has 24 heavy (non-hydrogen) atoms. The number of hydrogen-bond acceptors (Lipinski definition) is 6. The van der Waals surface area contributed by atoms with Gasteiger partial charge in [-0.15, -0.1) is 11.3 Å². The number of ether oxygens (including phenoxy) is 1. The van der Waals surface area contributed by atoms with Crippen molar-refractivity contribution in [1.82, 2.24) is 14.9 Å². The minimum atomic E-state index is -0.185. The number of rotatable bonds is 6. The molecular weight excluding hydrogens is 346 g/mol. The number of fused-ring (bicyclic) bond motifs is 1. The number of carbonyl (C=O) groups excluding carboxylic acids is 1. The number of aryl methyl sites for hydroxylation is 1. The molecule has 3 heterocycles. The second kappa shape index (κ2) is 7.67. The summed E-state index contributed by atoms with van der Waals surface area (Å²) in [7, 11) is 0. The summed E-state index contributed by atoms with van der Waals surface area (Å²) in [6, 6.07) is 1.89. The van der Waals surface area contributed by atoms with Crippen LogP contribution in [0, 0.1) is 0 Å². The van der Waals surface area contributed by atoms with Gasteiger partial charge < -0.3 is 10.1 Å². The van der Waals surface area contributed by atoms with Crippen molar-refractivity contribution in [3.8, 4) is 0 Å².